The van der Waals surface area contributed by atoms with Gasteiger partial charge in [0.2, 0.25) is 0 Å². The number of likely N-dealkylation sites (N-methyl/N-ethyl adjacent to an activating group) is 1. The number of aromatic nitrogens is 2. The van der Waals surface area contributed by atoms with Crippen molar-refractivity contribution in [1.29, 1.82) is 0 Å². The Hall–Kier alpha value is -0.960. The van der Waals surface area contributed by atoms with Crippen LogP contribution >= 0.6 is 27.7 Å². The summed E-state index contributed by atoms with van der Waals surface area (Å²) in [6, 6.07) is 0.479. The maximum Gasteiger partial charge on any atom is 0.190 e. The second-order valence-electron chi connectivity index (χ2n) is 6.75. The summed E-state index contributed by atoms with van der Waals surface area (Å²) >= 11 is 4.92. The van der Waals surface area contributed by atoms with Gasteiger partial charge in [0.05, 0.1) is 23.1 Å². The van der Waals surface area contributed by atoms with Crippen LogP contribution in [-0.4, -0.2) is 46.8 Å². The molecule has 3 heterocycles. The van der Waals surface area contributed by atoms with Crippen molar-refractivity contribution in [2.24, 2.45) is 0 Å². The van der Waals surface area contributed by atoms with Gasteiger partial charge in [-0.3, -0.25) is 0 Å². The van der Waals surface area contributed by atoms with E-state index in [9.17, 15) is 0 Å². The lowest BCUT2D eigenvalue weighted by Crippen LogP contribution is -2.31. The SMILES string of the molecule is CCSc1nc(NC[C@@H]2CCCN2C)c2c3c(c(Br)c(F)c2n1)COC3. The molecule has 1 N–H and O–H groups in total. The van der Waals surface area contributed by atoms with E-state index in [1.807, 2.05) is 6.92 Å². The van der Waals surface area contributed by atoms with Crippen LogP contribution in [0.15, 0.2) is 9.63 Å². The first kappa shape index (κ1) is 18.4. The number of likely N-dealkylation sites (tertiary alicyclic amines) is 1. The lowest BCUT2D eigenvalue weighted by Gasteiger charge is -2.21. The predicted octanol–water partition coefficient (Wildman–Crippen LogP) is 4.18. The fraction of sp³-hybridized carbons (Fsp3) is 0.556. The van der Waals surface area contributed by atoms with Gasteiger partial charge in [0.15, 0.2) is 11.0 Å². The number of halogens is 2. The first-order valence-corrected chi connectivity index (χ1v) is 10.7. The van der Waals surface area contributed by atoms with Crippen LogP contribution in [0.3, 0.4) is 0 Å². The summed E-state index contributed by atoms with van der Waals surface area (Å²) in [6.07, 6.45) is 2.39. The minimum atomic E-state index is -0.328. The van der Waals surface area contributed by atoms with Crippen LogP contribution in [0.25, 0.3) is 10.9 Å². The predicted molar refractivity (Wildman–Crippen MR) is 106 cm³/mol. The average Bonchev–Trinajstić information content (AvgIpc) is 3.27. The van der Waals surface area contributed by atoms with Gasteiger partial charge in [-0.25, -0.2) is 14.4 Å². The molecule has 1 aromatic carbocycles. The number of rotatable bonds is 5. The third kappa shape index (κ3) is 3.21. The third-order valence-corrected chi connectivity index (χ3v) is 6.72. The number of hydrogen-bond acceptors (Lipinski definition) is 6. The highest BCUT2D eigenvalue weighted by atomic mass is 79.9. The summed E-state index contributed by atoms with van der Waals surface area (Å²) in [4.78, 5) is 11.6. The van der Waals surface area contributed by atoms with E-state index in [4.69, 9.17) is 9.72 Å². The minimum Gasteiger partial charge on any atom is -0.372 e. The Bertz CT molecular complexity index is 850. The van der Waals surface area contributed by atoms with Gasteiger partial charge < -0.3 is 15.0 Å². The lowest BCUT2D eigenvalue weighted by molar-refractivity contribution is 0.134. The zero-order valence-electron chi connectivity index (χ0n) is 14.9. The van der Waals surface area contributed by atoms with Crippen molar-refractivity contribution in [3.63, 3.8) is 0 Å². The van der Waals surface area contributed by atoms with Crippen LogP contribution in [0.5, 0.6) is 0 Å². The van der Waals surface area contributed by atoms with Crippen LogP contribution in [0.1, 0.15) is 30.9 Å². The quantitative estimate of drug-likeness (QED) is 0.555. The Balaban J connectivity index is 1.81. The van der Waals surface area contributed by atoms with E-state index in [1.54, 1.807) is 0 Å². The normalized spacial score (nSPS) is 20.1. The molecule has 0 spiro atoms. The highest BCUT2D eigenvalue weighted by molar-refractivity contribution is 9.10. The molecule has 0 radical (unpaired) electrons. The number of anilines is 1. The molecule has 140 valence electrons. The highest BCUT2D eigenvalue weighted by Crippen LogP contribution is 2.40. The lowest BCUT2D eigenvalue weighted by atomic mass is 10.0. The van der Waals surface area contributed by atoms with Gasteiger partial charge in [-0.2, -0.15) is 0 Å². The van der Waals surface area contributed by atoms with E-state index in [2.05, 4.69) is 38.2 Å². The van der Waals surface area contributed by atoms with Gasteiger partial charge in [-0.15, -0.1) is 0 Å². The molecule has 1 aromatic heterocycles. The van der Waals surface area contributed by atoms with Crippen molar-refractivity contribution < 1.29 is 9.13 Å². The zero-order chi connectivity index (χ0) is 18.3. The zero-order valence-corrected chi connectivity index (χ0v) is 17.3. The molecule has 8 heteroatoms. The summed E-state index contributed by atoms with van der Waals surface area (Å²) in [5, 5.41) is 4.86. The number of nitrogens with one attached hydrogen (secondary N) is 1. The molecule has 0 aliphatic carbocycles. The van der Waals surface area contributed by atoms with Crippen LogP contribution in [0.4, 0.5) is 10.2 Å². The monoisotopic (exact) mass is 440 g/mol. The molecule has 1 saturated heterocycles. The molecule has 26 heavy (non-hydrogen) atoms. The Morgan fingerprint density at radius 2 is 2.15 bits per heavy atom. The van der Waals surface area contributed by atoms with Crippen molar-refractivity contribution >= 4 is 44.4 Å². The van der Waals surface area contributed by atoms with Gasteiger partial charge >= 0.3 is 0 Å². The Labute approximate surface area is 165 Å². The van der Waals surface area contributed by atoms with Crippen molar-refractivity contribution in [3.05, 3.63) is 21.4 Å². The van der Waals surface area contributed by atoms with Gasteiger partial charge in [0.1, 0.15) is 11.3 Å². The summed E-state index contributed by atoms with van der Waals surface area (Å²) in [5.41, 5.74) is 2.23. The fourth-order valence-electron chi connectivity index (χ4n) is 3.74. The minimum absolute atomic E-state index is 0.328. The summed E-state index contributed by atoms with van der Waals surface area (Å²) in [6.45, 7) is 4.85. The van der Waals surface area contributed by atoms with Crippen LogP contribution in [0.2, 0.25) is 0 Å². The summed E-state index contributed by atoms with van der Waals surface area (Å²) < 4.78 is 21.1. The van der Waals surface area contributed by atoms with Gasteiger partial charge in [0.25, 0.3) is 0 Å². The smallest absolute Gasteiger partial charge is 0.190 e. The summed E-state index contributed by atoms with van der Waals surface area (Å²) in [5.74, 6) is 1.23. The first-order chi connectivity index (χ1) is 12.6. The Morgan fingerprint density at radius 1 is 1.35 bits per heavy atom. The van der Waals surface area contributed by atoms with Crippen molar-refractivity contribution in [2.45, 2.75) is 44.2 Å². The fourth-order valence-corrected chi connectivity index (χ4v) is 4.85. The standard InChI is InChI=1S/C18H22BrFN4OS/c1-3-26-18-22-16-13(11-8-25-9-12(11)14(19)15(16)20)17(23-18)21-7-10-5-4-6-24(10)2/h10H,3-9H2,1-2H3,(H,21,22,23)/t10-/m0/s1. The van der Waals surface area contributed by atoms with Crippen LogP contribution < -0.4 is 5.32 Å². The van der Waals surface area contributed by atoms with E-state index in [0.29, 0.717) is 34.4 Å². The summed E-state index contributed by atoms with van der Waals surface area (Å²) in [7, 11) is 2.15. The first-order valence-electron chi connectivity index (χ1n) is 8.95. The van der Waals surface area contributed by atoms with E-state index in [1.165, 1.54) is 24.6 Å². The number of thioether (sulfide) groups is 1. The molecule has 2 aliphatic rings. The molecule has 4 rings (SSSR count). The average molecular weight is 441 g/mol. The molecule has 0 bridgehead atoms. The van der Waals surface area contributed by atoms with Crippen LogP contribution in [0, 0.1) is 5.82 Å². The molecule has 1 atom stereocenters. The maximum atomic E-state index is 15.0. The van der Waals surface area contributed by atoms with Crippen molar-refractivity contribution in [2.75, 3.05) is 31.2 Å². The molecule has 5 nitrogen and oxygen atoms in total. The van der Waals surface area contributed by atoms with Crippen molar-refractivity contribution in [3.8, 4) is 0 Å². The molecular formula is C18H22BrFN4OS. The highest BCUT2D eigenvalue weighted by Gasteiger charge is 2.27. The van der Waals surface area contributed by atoms with Crippen LogP contribution in [-0.2, 0) is 18.0 Å². The van der Waals surface area contributed by atoms with Crippen molar-refractivity contribution in [1.82, 2.24) is 14.9 Å². The van der Waals surface area contributed by atoms with Gasteiger partial charge in [-0.1, -0.05) is 18.7 Å². The van der Waals surface area contributed by atoms with E-state index < -0.39 is 0 Å². The number of ether oxygens (including phenoxy) is 1. The number of benzene rings is 1. The number of fused-ring (bicyclic) bond motifs is 3. The molecular weight excluding hydrogens is 419 g/mol. The second-order valence-corrected chi connectivity index (χ2v) is 8.77. The second kappa shape index (κ2) is 7.58. The molecule has 1 fully saturated rings. The van der Waals surface area contributed by atoms with E-state index in [-0.39, 0.29) is 5.82 Å². The third-order valence-electron chi connectivity index (χ3n) is 5.16. The van der Waals surface area contributed by atoms with Gasteiger partial charge in [-0.05, 0) is 53.7 Å². The van der Waals surface area contributed by atoms with E-state index in [0.717, 1.165) is 41.2 Å². The molecule has 0 unspecified atom stereocenters. The van der Waals surface area contributed by atoms with E-state index >= 15 is 4.39 Å². The number of nitrogens with zero attached hydrogens (tertiary/aromatic N) is 3. The Morgan fingerprint density at radius 3 is 2.88 bits per heavy atom. The topological polar surface area (TPSA) is 50.3 Å². The number of hydrogen-bond donors (Lipinski definition) is 1. The van der Waals surface area contributed by atoms with Gasteiger partial charge in [0, 0.05) is 18.2 Å². The maximum absolute atomic E-state index is 15.0. The largest absolute Gasteiger partial charge is 0.372 e. The molecule has 0 amide bonds. The molecule has 0 saturated carbocycles. The Kier molecular flexibility index (Phi) is 5.36. The molecule has 2 aliphatic heterocycles. The molecule has 2 aromatic rings.